The molecular weight excluding hydrogens is 259 g/mol. The first-order valence-corrected chi connectivity index (χ1v) is 5.51. The van der Waals surface area contributed by atoms with Crippen LogP contribution in [0.5, 0.6) is 5.75 Å². The quantitative estimate of drug-likeness (QED) is 0.829. The van der Waals surface area contributed by atoms with Crippen LogP contribution in [0, 0.1) is 11.3 Å². The highest BCUT2D eigenvalue weighted by Crippen LogP contribution is 2.46. The lowest BCUT2D eigenvalue weighted by atomic mass is 9.64. The second-order valence-electron chi connectivity index (χ2n) is 4.50. The van der Waals surface area contributed by atoms with Crippen LogP contribution in [0.25, 0.3) is 0 Å². The number of benzene rings is 1. The van der Waals surface area contributed by atoms with E-state index in [0.29, 0.717) is 0 Å². The zero-order chi connectivity index (χ0) is 14.3. The largest absolute Gasteiger partial charge is 0.496 e. The summed E-state index contributed by atoms with van der Waals surface area (Å²) in [7, 11) is 1.32. The van der Waals surface area contributed by atoms with Gasteiger partial charge in [0.1, 0.15) is 11.5 Å². The van der Waals surface area contributed by atoms with E-state index in [1.807, 2.05) is 6.07 Å². The van der Waals surface area contributed by atoms with Gasteiger partial charge in [0.25, 0.3) is 0 Å². The number of halogens is 3. The van der Waals surface area contributed by atoms with Crippen LogP contribution in [0.4, 0.5) is 13.2 Å². The van der Waals surface area contributed by atoms with Crippen molar-refractivity contribution in [3.05, 3.63) is 29.3 Å². The van der Waals surface area contributed by atoms with Crippen LogP contribution in [-0.4, -0.2) is 12.9 Å². The van der Waals surface area contributed by atoms with Crippen molar-refractivity contribution in [3.8, 4) is 11.8 Å². The molecule has 0 bridgehead atoms. The highest BCUT2D eigenvalue weighted by molar-refractivity contribution is 5.90. The molecule has 2 rings (SSSR count). The predicted molar refractivity (Wildman–Crippen MR) is 59.5 cm³/mol. The minimum atomic E-state index is -4.49. The number of nitriles is 1. The Morgan fingerprint density at radius 1 is 1.37 bits per heavy atom. The number of Topliss-reactive ketones (excluding diaryl/α,β-unsaturated/α-hetero) is 1. The first-order valence-electron chi connectivity index (χ1n) is 5.51. The van der Waals surface area contributed by atoms with Crippen molar-refractivity contribution in [2.75, 3.05) is 7.11 Å². The van der Waals surface area contributed by atoms with Crippen molar-refractivity contribution in [1.29, 1.82) is 5.26 Å². The SMILES string of the molecule is COc1ccc(C(F)(F)F)cc1C1(C#N)CC(=O)C1. The first kappa shape index (κ1) is 13.4. The van der Waals surface area contributed by atoms with Gasteiger partial charge in [-0.2, -0.15) is 18.4 Å². The molecule has 0 N–H and O–H groups in total. The lowest BCUT2D eigenvalue weighted by Crippen LogP contribution is -2.40. The summed E-state index contributed by atoms with van der Waals surface area (Å²) in [6, 6.07) is 4.92. The molecule has 1 aliphatic rings. The lowest BCUT2D eigenvalue weighted by molar-refractivity contribution is -0.137. The molecule has 1 fully saturated rings. The Morgan fingerprint density at radius 2 is 2.00 bits per heavy atom. The molecule has 19 heavy (non-hydrogen) atoms. The van der Waals surface area contributed by atoms with E-state index in [1.165, 1.54) is 13.2 Å². The number of ketones is 1. The van der Waals surface area contributed by atoms with Gasteiger partial charge in [-0.05, 0) is 18.2 Å². The molecule has 0 saturated heterocycles. The molecule has 0 heterocycles. The maximum Gasteiger partial charge on any atom is 0.416 e. The number of rotatable bonds is 2. The Hall–Kier alpha value is -2.03. The van der Waals surface area contributed by atoms with Gasteiger partial charge in [-0.3, -0.25) is 4.79 Å². The smallest absolute Gasteiger partial charge is 0.416 e. The van der Waals surface area contributed by atoms with Crippen molar-refractivity contribution in [2.45, 2.75) is 24.4 Å². The molecule has 0 radical (unpaired) electrons. The van der Waals surface area contributed by atoms with Crippen molar-refractivity contribution in [2.24, 2.45) is 0 Å². The molecular formula is C13H10F3NO2. The van der Waals surface area contributed by atoms with Crippen molar-refractivity contribution >= 4 is 5.78 Å². The Morgan fingerprint density at radius 3 is 2.42 bits per heavy atom. The number of nitrogens with zero attached hydrogens (tertiary/aromatic N) is 1. The van der Waals surface area contributed by atoms with Crippen LogP contribution < -0.4 is 4.74 Å². The highest BCUT2D eigenvalue weighted by atomic mass is 19.4. The van der Waals surface area contributed by atoms with Crippen LogP contribution in [0.2, 0.25) is 0 Å². The van der Waals surface area contributed by atoms with Gasteiger partial charge in [-0.1, -0.05) is 0 Å². The van der Waals surface area contributed by atoms with Gasteiger partial charge in [-0.25, -0.2) is 0 Å². The number of carbonyl (C=O) groups excluding carboxylic acids is 1. The Kier molecular flexibility index (Phi) is 3.01. The number of carbonyl (C=O) groups is 1. The second kappa shape index (κ2) is 4.26. The van der Waals surface area contributed by atoms with Gasteiger partial charge in [0.2, 0.25) is 0 Å². The summed E-state index contributed by atoms with van der Waals surface area (Å²) in [6.07, 6.45) is -4.63. The molecule has 0 unspecified atom stereocenters. The fraction of sp³-hybridized carbons (Fsp3) is 0.385. The maximum absolute atomic E-state index is 12.7. The fourth-order valence-corrected chi connectivity index (χ4v) is 2.21. The van der Waals surface area contributed by atoms with E-state index < -0.39 is 17.2 Å². The highest BCUT2D eigenvalue weighted by Gasteiger charge is 2.48. The van der Waals surface area contributed by atoms with E-state index in [4.69, 9.17) is 4.74 Å². The maximum atomic E-state index is 12.7. The normalized spacial score (nSPS) is 17.5. The summed E-state index contributed by atoms with van der Waals surface area (Å²) in [4.78, 5) is 11.1. The number of alkyl halides is 3. The Bertz CT molecular complexity index is 564. The van der Waals surface area contributed by atoms with E-state index >= 15 is 0 Å². The molecule has 0 aromatic heterocycles. The van der Waals surface area contributed by atoms with Gasteiger partial charge in [0.05, 0.1) is 24.2 Å². The number of ether oxygens (including phenoxy) is 1. The number of hydrogen-bond acceptors (Lipinski definition) is 3. The van der Waals surface area contributed by atoms with Crippen LogP contribution in [0.1, 0.15) is 24.0 Å². The third-order valence-electron chi connectivity index (χ3n) is 3.25. The number of methoxy groups -OCH3 is 1. The van der Waals surface area contributed by atoms with Gasteiger partial charge < -0.3 is 4.74 Å². The Balaban J connectivity index is 2.55. The summed E-state index contributed by atoms with van der Waals surface area (Å²) >= 11 is 0. The predicted octanol–water partition coefficient (Wildman–Crippen LogP) is 2.84. The molecule has 1 aromatic rings. The van der Waals surface area contributed by atoms with Gasteiger partial charge >= 0.3 is 6.18 Å². The molecule has 0 spiro atoms. The minimum absolute atomic E-state index is 0.0683. The summed E-state index contributed by atoms with van der Waals surface area (Å²) in [6.45, 7) is 0. The standard InChI is InChI=1S/C13H10F3NO2/c1-19-11-3-2-8(13(14,15)16)4-10(11)12(7-17)5-9(18)6-12/h2-4H,5-6H2,1H3. The molecule has 0 aliphatic heterocycles. The zero-order valence-electron chi connectivity index (χ0n) is 10.0. The molecule has 1 aliphatic carbocycles. The third kappa shape index (κ3) is 2.16. The van der Waals surface area contributed by atoms with Crippen molar-refractivity contribution < 1.29 is 22.7 Å². The van der Waals surface area contributed by atoms with E-state index in [2.05, 4.69) is 0 Å². The first-order chi connectivity index (χ1) is 8.82. The summed E-state index contributed by atoms with van der Waals surface area (Å²) < 4.78 is 43.1. The van der Waals surface area contributed by atoms with Gasteiger partial charge in [0.15, 0.2) is 0 Å². The van der Waals surface area contributed by atoms with E-state index in [1.54, 1.807) is 0 Å². The topological polar surface area (TPSA) is 50.1 Å². The average molecular weight is 269 g/mol. The molecule has 0 atom stereocenters. The summed E-state index contributed by atoms with van der Waals surface area (Å²) in [5.41, 5.74) is -1.91. The fourth-order valence-electron chi connectivity index (χ4n) is 2.21. The molecule has 3 nitrogen and oxygen atoms in total. The Labute approximate surface area is 107 Å². The van der Waals surface area contributed by atoms with Crippen LogP contribution in [-0.2, 0) is 16.4 Å². The third-order valence-corrected chi connectivity index (χ3v) is 3.25. The van der Waals surface area contributed by atoms with Crippen LogP contribution in [0.3, 0.4) is 0 Å². The molecule has 0 amide bonds. The van der Waals surface area contributed by atoms with E-state index in [-0.39, 0.29) is 29.9 Å². The molecule has 1 aromatic carbocycles. The van der Waals surface area contributed by atoms with E-state index in [9.17, 15) is 23.2 Å². The lowest BCUT2D eigenvalue weighted by Gasteiger charge is -2.35. The monoisotopic (exact) mass is 269 g/mol. The average Bonchev–Trinajstić information content (AvgIpc) is 2.33. The minimum Gasteiger partial charge on any atom is -0.496 e. The van der Waals surface area contributed by atoms with Crippen LogP contribution in [0.15, 0.2) is 18.2 Å². The van der Waals surface area contributed by atoms with Gasteiger partial charge in [-0.15, -0.1) is 0 Å². The second-order valence-corrected chi connectivity index (χ2v) is 4.50. The summed E-state index contributed by atoms with van der Waals surface area (Å²) in [5, 5.41) is 9.18. The molecule has 6 heteroatoms. The molecule has 1 saturated carbocycles. The molecule has 100 valence electrons. The number of hydrogen-bond donors (Lipinski definition) is 0. The van der Waals surface area contributed by atoms with Gasteiger partial charge in [0, 0.05) is 18.4 Å². The zero-order valence-corrected chi connectivity index (χ0v) is 10.0. The summed E-state index contributed by atoms with van der Waals surface area (Å²) in [5.74, 6) is 0.0584. The van der Waals surface area contributed by atoms with Crippen molar-refractivity contribution in [1.82, 2.24) is 0 Å². The van der Waals surface area contributed by atoms with Crippen molar-refractivity contribution in [3.63, 3.8) is 0 Å². The van der Waals surface area contributed by atoms with E-state index in [0.717, 1.165) is 12.1 Å². The van der Waals surface area contributed by atoms with Crippen LogP contribution >= 0.6 is 0 Å².